The highest BCUT2D eigenvalue weighted by Crippen LogP contribution is 2.22. The zero-order valence-electron chi connectivity index (χ0n) is 6.92. The average molecular weight is 172 g/mol. The molecule has 1 rings (SSSR count). The molecule has 1 aromatic heterocycles. The van der Waals surface area contributed by atoms with Gasteiger partial charge in [-0.2, -0.15) is 0 Å². The molecule has 0 aromatic carbocycles. The average Bonchev–Trinajstić information content (AvgIpc) is 2.36. The number of nitrogens with one attached hydrogen (secondary N) is 1. The van der Waals surface area contributed by atoms with E-state index in [0.717, 1.165) is 5.00 Å². The van der Waals surface area contributed by atoms with Crippen molar-refractivity contribution in [1.29, 1.82) is 0 Å². The lowest BCUT2D eigenvalue weighted by atomic mass is 10.5. The molecule has 4 heteroatoms. The molecule has 0 spiro atoms. The first-order valence-corrected chi connectivity index (χ1v) is 4.14. The van der Waals surface area contributed by atoms with E-state index in [2.05, 4.69) is 18.6 Å². The molecule has 0 aliphatic rings. The monoisotopic (exact) mass is 172 g/mol. The van der Waals surface area contributed by atoms with E-state index in [4.69, 9.17) is 4.84 Å². The van der Waals surface area contributed by atoms with Crippen molar-refractivity contribution in [3.8, 4) is 0 Å². The molecule has 0 saturated heterocycles. The molecule has 0 unspecified atom stereocenters. The normalized spacial score (nSPS) is 10.1. The number of nitrogens with zero attached hydrogens (tertiary/aromatic N) is 1. The van der Waals surface area contributed by atoms with Crippen LogP contribution in [0.2, 0.25) is 0 Å². The van der Waals surface area contributed by atoms with Crippen LogP contribution in [0.25, 0.3) is 0 Å². The van der Waals surface area contributed by atoms with Crippen molar-refractivity contribution >= 4 is 16.3 Å². The highest BCUT2D eigenvalue weighted by atomic mass is 32.1. The van der Waals surface area contributed by atoms with Crippen LogP contribution in [0.5, 0.6) is 0 Å². The first-order valence-electron chi connectivity index (χ1n) is 3.33. The third-order valence-corrected chi connectivity index (χ3v) is 2.36. The fraction of sp³-hybridized carbons (Fsp3) is 0.429. The molecule has 0 radical (unpaired) electrons. The van der Waals surface area contributed by atoms with Gasteiger partial charge in [0, 0.05) is 11.9 Å². The Morgan fingerprint density at radius 2 is 2.27 bits per heavy atom. The van der Waals surface area contributed by atoms with Crippen LogP contribution < -0.4 is 10.6 Å². The Hall–Kier alpha value is -0.580. The second-order valence-corrected chi connectivity index (χ2v) is 3.51. The van der Waals surface area contributed by atoms with Gasteiger partial charge in [0.15, 0.2) is 0 Å². The standard InChI is InChI=1S/C7H12N2OS/c1-6-4-5-7(11-6)9(2)8-10-3/h4-5,8H,1-3H3. The maximum atomic E-state index is 4.75. The van der Waals surface area contributed by atoms with E-state index in [1.54, 1.807) is 18.4 Å². The van der Waals surface area contributed by atoms with Gasteiger partial charge >= 0.3 is 0 Å². The minimum absolute atomic E-state index is 1.14. The number of thiophene rings is 1. The molecular formula is C7H12N2OS. The summed E-state index contributed by atoms with van der Waals surface area (Å²) in [6, 6.07) is 4.12. The number of anilines is 1. The molecule has 1 N–H and O–H groups in total. The van der Waals surface area contributed by atoms with Crippen molar-refractivity contribution in [2.75, 3.05) is 19.2 Å². The van der Waals surface area contributed by atoms with Crippen molar-refractivity contribution in [1.82, 2.24) is 5.59 Å². The molecule has 0 aliphatic carbocycles. The fourth-order valence-corrected chi connectivity index (χ4v) is 1.56. The Morgan fingerprint density at radius 3 is 2.73 bits per heavy atom. The van der Waals surface area contributed by atoms with E-state index in [1.165, 1.54) is 4.88 Å². The summed E-state index contributed by atoms with van der Waals surface area (Å²) in [6.07, 6.45) is 0. The minimum atomic E-state index is 1.14. The number of hydrazine groups is 1. The van der Waals surface area contributed by atoms with Crippen LogP contribution in [-0.2, 0) is 4.84 Å². The van der Waals surface area contributed by atoms with Gasteiger partial charge in [-0.15, -0.1) is 16.9 Å². The fourth-order valence-electron chi connectivity index (χ4n) is 0.784. The number of hydrogen-bond donors (Lipinski definition) is 1. The second-order valence-electron chi connectivity index (χ2n) is 2.24. The van der Waals surface area contributed by atoms with Crippen molar-refractivity contribution in [3.05, 3.63) is 17.0 Å². The molecule has 0 saturated carbocycles. The first-order chi connectivity index (χ1) is 5.24. The van der Waals surface area contributed by atoms with Crippen LogP contribution in [-0.4, -0.2) is 14.2 Å². The molecular weight excluding hydrogens is 160 g/mol. The van der Waals surface area contributed by atoms with E-state index in [9.17, 15) is 0 Å². The number of rotatable bonds is 3. The van der Waals surface area contributed by atoms with E-state index in [-0.39, 0.29) is 0 Å². The topological polar surface area (TPSA) is 24.5 Å². The molecule has 1 aromatic rings. The summed E-state index contributed by atoms with van der Waals surface area (Å²) in [5.74, 6) is 0. The largest absolute Gasteiger partial charge is 0.285 e. The van der Waals surface area contributed by atoms with Crippen molar-refractivity contribution < 1.29 is 4.84 Å². The molecule has 0 bridgehead atoms. The van der Waals surface area contributed by atoms with Crippen LogP contribution in [0.3, 0.4) is 0 Å². The predicted molar refractivity (Wildman–Crippen MR) is 47.6 cm³/mol. The SMILES string of the molecule is CONN(C)c1ccc(C)s1. The van der Waals surface area contributed by atoms with Crippen LogP contribution in [0.4, 0.5) is 5.00 Å². The molecule has 11 heavy (non-hydrogen) atoms. The third kappa shape index (κ3) is 2.18. The van der Waals surface area contributed by atoms with Gasteiger partial charge in [-0.1, -0.05) is 0 Å². The maximum absolute atomic E-state index is 4.75. The summed E-state index contributed by atoms with van der Waals surface area (Å²) in [5.41, 5.74) is 2.72. The van der Waals surface area contributed by atoms with Gasteiger partial charge in [0.1, 0.15) is 5.00 Å². The van der Waals surface area contributed by atoms with Crippen LogP contribution >= 0.6 is 11.3 Å². The van der Waals surface area contributed by atoms with Gasteiger partial charge in [-0.05, 0) is 19.1 Å². The summed E-state index contributed by atoms with van der Waals surface area (Å²) >= 11 is 1.72. The van der Waals surface area contributed by atoms with Gasteiger partial charge in [-0.3, -0.25) is 9.85 Å². The molecule has 3 nitrogen and oxygen atoms in total. The summed E-state index contributed by atoms with van der Waals surface area (Å²) in [5, 5.41) is 2.97. The lowest BCUT2D eigenvalue weighted by Crippen LogP contribution is -2.32. The molecule has 1 heterocycles. The van der Waals surface area contributed by atoms with Gasteiger partial charge in [0.2, 0.25) is 0 Å². The Kier molecular flexibility index (Phi) is 2.87. The van der Waals surface area contributed by atoms with Crippen LogP contribution in [0, 0.1) is 6.92 Å². The third-order valence-electron chi connectivity index (χ3n) is 1.28. The molecule has 0 amide bonds. The maximum Gasteiger partial charge on any atom is 0.107 e. The molecule has 0 atom stereocenters. The smallest absolute Gasteiger partial charge is 0.107 e. The zero-order valence-corrected chi connectivity index (χ0v) is 7.73. The number of aryl methyl sites for hydroxylation is 1. The molecule has 0 fully saturated rings. The van der Waals surface area contributed by atoms with Gasteiger partial charge in [0.25, 0.3) is 0 Å². The summed E-state index contributed by atoms with van der Waals surface area (Å²) in [4.78, 5) is 6.05. The number of hydrogen-bond acceptors (Lipinski definition) is 4. The van der Waals surface area contributed by atoms with Crippen LogP contribution in [0.1, 0.15) is 4.88 Å². The second kappa shape index (κ2) is 3.71. The summed E-state index contributed by atoms with van der Waals surface area (Å²) < 4.78 is 0. The Balaban J connectivity index is 2.60. The van der Waals surface area contributed by atoms with Crippen LogP contribution in [0.15, 0.2) is 12.1 Å². The molecule has 0 aliphatic heterocycles. The van der Waals surface area contributed by atoms with Gasteiger partial charge in [-0.25, -0.2) is 0 Å². The van der Waals surface area contributed by atoms with E-state index < -0.39 is 0 Å². The highest BCUT2D eigenvalue weighted by molar-refractivity contribution is 7.16. The Labute approximate surface area is 70.5 Å². The van der Waals surface area contributed by atoms with Crippen molar-refractivity contribution in [3.63, 3.8) is 0 Å². The predicted octanol–water partition coefficient (Wildman–Crippen LogP) is 1.56. The lowest BCUT2D eigenvalue weighted by Gasteiger charge is -2.15. The van der Waals surface area contributed by atoms with E-state index >= 15 is 0 Å². The van der Waals surface area contributed by atoms with Gasteiger partial charge < -0.3 is 0 Å². The van der Waals surface area contributed by atoms with Gasteiger partial charge in [0.05, 0.1) is 7.11 Å². The summed E-state index contributed by atoms with van der Waals surface area (Å²) in [6.45, 7) is 2.08. The van der Waals surface area contributed by atoms with Crippen molar-refractivity contribution in [2.45, 2.75) is 6.92 Å². The summed E-state index contributed by atoms with van der Waals surface area (Å²) in [7, 11) is 3.51. The first kappa shape index (κ1) is 8.52. The van der Waals surface area contributed by atoms with E-state index in [0.29, 0.717) is 0 Å². The quantitative estimate of drug-likeness (QED) is 0.700. The Morgan fingerprint density at radius 1 is 1.55 bits per heavy atom. The Bertz CT molecular complexity index is 224. The highest BCUT2D eigenvalue weighted by Gasteiger charge is 2.00. The lowest BCUT2D eigenvalue weighted by molar-refractivity contribution is 0.0877. The zero-order chi connectivity index (χ0) is 8.27. The minimum Gasteiger partial charge on any atom is -0.285 e. The molecule has 62 valence electrons. The van der Waals surface area contributed by atoms with E-state index in [1.807, 2.05) is 18.1 Å². The van der Waals surface area contributed by atoms with Crippen molar-refractivity contribution in [2.24, 2.45) is 0 Å².